The van der Waals surface area contributed by atoms with Gasteiger partial charge in [0.05, 0.1) is 12.7 Å². The Morgan fingerprint density at radius 3 is 2.55 bits per heavy atom. The number of aromatic nitrogens is 3. The van der Waals surface area contributed by atoms with Crippen LogP contribution < -0.4 is 4.74 Å². The maximum atomic E-state index is 13.4. The van der Waals surface area contributed by atoms with Crippen molar-refractivity contribution >= 4 is 17.7 Å². The highest BCUT2D eigenvalue weighted by Crippen LogP contribution is 2.39. The Balaban J connectivity index is 1.72. The van der Waals surface area contributed by atoms with E-state index in [-0.39, 0.29) is 11.2 Å². The lowest BCUT2D eigenvalue weighted by atomic mass is 10.1. The minimum atomic E-state index is -0.377. The van der Waals surface area contributed by atoms with Crippen molar-refractivity contribution in [1.82, 2.24) is 19.7 Å². The molecule has 160 valence electrons. The summed E-state index contributed by atoms with van der Waals surface area (Å²) in [5, 5.41) is 9.22. The summed E-state index contributed by atoms with van der Waals surface area (Å²) >= 11 is 1.44. The second kappa shape index (κ2) is 9.83. The van der Waals surface area contributed by atoms with Gasteiger partial charge >= 0.3 is 0 Å². The van der Waals surface area contributed by atoms with Crippen LogP contribution in [0.25, 0.3) is 11.4 Å². The molecule has 0 radical (unpaired) electrons. The predicted octanol–water partition coefficient (Wildman–Crippen LogP) is 4.60. The molecule has 1 unspecified atom stereocenters. The number of allylic oxidation sites excluding steroid dienone is 1. The zero-order valence-corrected chi connectivity index (χ0v) is 18.4. The Kier molecular flexibility index (Phi) is 6.72. The molecule has 6 nitrogen and oxygen atoms in total. The summed E-state index contributed by atoms with van der Waals surface area (Å²) in [7, 11) is 1.64. The van der Waals surface area contributed by atoms with Crippen molar-refractivity contribution in [3.63, 3.8) is 0 Å². The molecule has 0 N–H and O–H groups in total. The van der Waals surface area contributed by atoms with Crippen LogP contribution in [0.15, 0.2) is 72.4 Å². The minimum absolute atomic E-state index is 0.126. The first-order chi connectivity index (χ1) is 15.2. The summed E-state index contributed by atoms with van der Waals surface area (Å²) in [6.07, 6.45) is 3.93. The third kappa shape index (κ3) is 4.51. The number of nitrogens with zero attached hydrogens (tertiary/aromatic N) is 4. The fourth-order valence-electron chi connectivity index (χ4n) is 3.80. The number of para-hydroxylation sites is 1. The Morgan fingerprint density at radius 2 is 1.84 bits per heavy atom. The normalized spacial score (nSPS) is 14.4. The molecule has 1 aromatic heterocycles. The molecule has 2 heterocycles. The maximum absolute atomic E-state index is 13.4. The SMILES string of the molecule is C=CCn1c(SC(C(=O)N2CCCC2)c2ccccc2)nnc1-c1ccccc1OC. The summed E-state index contributed by atoms with van der Waals surface area (Å²) in [6.45, 7) is 6.06. The lowest BCUT2D eigenvalue weighted by molar-refractivity contribution is -0.129. The topological polar surface area (TPSA) is 60.2 Å². The summed E-state index contributed by atoms with van der Waals surface area (Å²) in [5.41, 5.74) is 1.82. The largest absolute Gasteiger partial charge is 0.496 e. The van der Waals surface area contributed by atoms with Crippen molar-refractivity contribution in [2.24, 2.45) is 0 Å². The molecule has 3 aromatic rings. The predicted molar refractivity (Wildman–Crippen MR) is 123 cm³/mol. The Bertz CT molecular complexity index is 1040. The highest BCUT2D eigenvalue weighted by Gasteiger charge is 2.31. The van der Waals surface area contributed by atoms with E-state index in [4.69, 9.17) is 4.74 Å². The number of ether oxygens (including phenoxy) is 1. The smallest absolute Gasteiger partial charge is 0.240 e. The van der Waals surface area contributed by atoms with Gasteiger partial charge < -0.3 is 9.64 Å². The molecule has 0 spiro atoms. The van der Waals surface area contributed by atoms with Gasteiger partial charge in [-0.05, 0) is 30.5 Å². The van der Waals surface area contributed by atoms with E-state index in [2.05, 4.69) is 16.8 Å². The van der Waals surface area contributed by atoms with Crippen molar-refractivity contribution in [1.29, 1.82) is 0 Å². The van der Waals surface area contributed by atoms with Crippen LogP contribution in [0.2, 0.25) is 0 Å². The highest BCUT2D eigenvalue weighted by atomic mass is 32.2. The average molecular weight is 435 g/mol. The van der Waals surface area contributed by atoms with E-state index in [1.54, 1.807) is 7.11 Å². The molecule has 1 atom stereocenters. The molecule has 1 aliphatic heterocycles. The molecule has 31 heavy (non-hydrogen) atoms. The third-order valence-corrected chi connectivity index (χ3v) is 6.57. The Morgan fingerprint density at radius 1 is 1.13 bits per heavy atom. The number of carbonyl (C=O) groups is 1. The van der Waals surface area contributed by atoms with Crippen molar-refractivity contribution < 1.29 is 9.53 Å². The molecule has 2 aromatic carbocycles. The van der Waals surface area contributed by atoms with E-state index in [0.717, 1.165) is 42.8 Å². The first-order valence-corrected chi connectivity index (χ1v) is 11.3. The van der Waals surface area contributed by atoms with Crippen molar-refractivity contribution in [2.75, 3.05) is 20.2 Å². The number of hydrogen-bond donors (Lipinski definition) is 0. The zero-order valence-electron chi connectivity index (χ0n) is 17.6. The molecular weight excluding hydrogens is 408 g/mol. The van der Waals surface area contributed by atoms with Crippen LogP contribution in [0.4, 0.5) is 0 Å². The van der Waals surface area contributed by atoms with E-state index >= 15 is 0 Å². The van der Waals surface area contributed by atoms with E-state index in [1.165, 1.54) is 11.8 Å². The lowest BCUT2D eigenvalue weighted by Gasteiger charge is -2.23. The van der Waals surface area contributed by atoms with E-state index in [9.17, 15) is 4.79 Å². The summed E-state index contributed by atoms with van der Waals surface area (Å²) in [6, 6.07) is 17.6. The fourth-order valence-corrected chi connectivity index (χ4v) is 4.93. The van der Waals surface area contributed by atoms with E-state index < -0.39 is 0 Å². The van der Waals surface area contributed by atoms with Crippen molar-refractivity contribution in [2.45, 2.75) is 29.8 Å². The van der Waals surface area contributed by atoms with Gasteiger partial charge in [0.15, 0.2) is 11.0 Å². The quantitative estimate of drug-likeness (QED) is 0.383. The van der Waals surface area contributed by atoms with Gasteiger partial charge in [-0.2, -0.15) is 0 Å². The van der Waals surface area contributed by atoms with Crippen molar-refractivity contribution in [3.8, 4) is 17.1 Å². The average Bonchev–Trinajstić information content (AvgIpc) is 3.49. The number of methoxy groups -OCH3 is 1. The fraction of sp³-hybridized carbons (Fsp3) is 0.292. The second-order valence-electron chi connectivity index (χ2n) is 7.35. The molecule has 0 aliphatic carbocycles. The molecule has 1 aliphatic rings. The van der Waals surface area contributed by atoms with Crippen LogP contribution >= 0.6 is 11.8 Å². The van der Waals surface area contributed by atoms with Gasteiger partial charge in [0, 0.05) is 19.6 Å². The summed E-state index contributed by atoms with van der Waals surface area (Å²) < 4.78 is 7.51. The molecular formula is C24H26N4O2S. The number of likely N-dealkylation sites (tertiary alicyclic amines) is 1. The highest BCUT2D eigenvalue weighted by molar-refractivity contribution is 8.00. The van der Waals surface area contributed by atoms with Crippen LogP contribution in [0.1, 0.15) is 23.7 Å². The number of thioether (sulfide) groups is 1. The number of rotatable bonds is 8. The lowest BCUT2D eigenvalue weighted by Crippen LogP contribution is -2.31. The van der Waals surface area contributed by atoms with Gasteiger partial charge in [-0.3, -0.25) is 9.36 Å². The minimum Gasteiger partial charge on any atom is -0.496 e. The maximum Gasteiger partial charge on any atom is 0.240 e. The summed E-state index contributed by atoms with van der Waals surface area (Å²) in [4.78, 5) is 15.4. The van der Waals surface area contributed by atoms with Gasteiger partial charge in [0.25, 0.3) is 0 Å². The van der Waals surface area contributed by atoms with Crippen LogP contribution in [0.5, 0.6) is 5.75 Å². The Hall–Kier alpha value is -3.06. The van der Waals surface area contributed by atoms with Gasteiger partial charge in [-0.1, -0.05) is 60.3 Å². The van der Waals surface area contributed by atoms with Gasteiger partial charge in [0.1, 0.15) is 11.0 Å². The standard InChI is InChI=1S/C24H26N4O2S/c1-3-15-28-22(19-13-7-8-14-20(19)30-2)25-26-24(28)31-21(18-11-5-4-6-12-18)23(29)27-16-9-10-17-27/h3-8,11-14,21H,1,9-10,15-17H2,2H3. The van der Waals surface area contributed by atoms with Gasteiger partial charge in [-0.15, -0.1) is 16.8 Å². The molecule has 0 bridgehead atoms. The Labute approximate surface area is 186 Å². The molecule has 0 saturated carbocycles. The first kappa shape index (κ1) is 21.2. The summed E-state index contributed by atoms with van der Waals surface area (Å²) in [5.74, 6) is 1.55. The number of carbonyl (C=O) groups excluding carboxylic acids is 1. The molecule has 1 amide bonds. The molecule has 1 saturated heterocycles. The molecule has 4 rings (SSSR count). The number of hydrogen-bond acceptors (Lipinski definition) is 5. The first-order valence-electron chi connectivity index (χ1n) is 10.4. The van der Waals surface area contributed by atoms with Crippen LogP contribution in [0.3, 0.4) is 0 Å². The van der Waals surface area contributed by atoms with E-state index in [1.807, 2.05) is 70.1 Å². The number of amides is 1. The van der Waals surface area contributed by atoms with Gasteiger partial charge in [0.2, 0.25) is 5.91 Å². The second-order valence-corrected chi connectivity index (χ2v) is 8.42. The molecule has 1 fully saturated rings. The zero-order chi connectivity index (χ0) is 21.6. The van der Waals surface area contributed by atoms with Crippen LogP contribution in [-0.2, 0) is 11.3 Å². The van der Waals surface area contributed by atoms with Crippen molar-refractivity contribution in [3.05, 3.63) is 72.8 Å². The van der Waals surface area contributed by atoms with Gasteiger partial charge in [-0.25, -0.2) is 0 Å². The molecule has 7 heteroatoms. The number of benzene rings is 2. The van der Waals surface area contributed by atoms with Crippen LogP contribution in [-0.4, -0.2) is 45.8 Å². The third-order valence-electron chi connectivity index (χ3n) is 5.34. The monoisotopic (exact) mass is 434 g/mol. The van der Waals surface area contributed by atoms with E-state index in [0.29, 0.717) is 17.5 Å². The van der Waals surface area contributed by atoms with Crippen LogP contribution in [0, 0.1) is 0 Å².